The molecule has 3 aliphatic carbocycles. The van der Waals surface area contributed by atoms with E-state index in [0.29, 0.717) is 0 Å². The van der Waals surface area contributed by atoms with Crippen LogP contribution < -0.4 is 5.19 Å². The number of furan rings is 2. The first-order valence-corrected chi connectivity index (χ1v) is 25.3. The molecule has 1 radical (unpaired) electrons. The zero-order chi connectivity index (χ0) is 41.1. The molecule has 3 saturated carbocycles. The minimum absolute atomic E-state index is 0. The maximum Gasteiger partial charge on any atom is 0.124 e. The topological polar surface area (TPSA) is 52.1 Å². The molecule has 0 saturated heterocycles. The number of pyridine rings is 2. The van der Waals surface area contributed by atoms with Gasteiger partial charge >= 0.3 is 0 Å². The van der Waals surface area contributed by atoms with Crippen molar-refractivity contribution in [3.8, 4) is 33.6 Å². The van der Waals surface area contributed by atoms with E-state index in [2.05, 4.69) is 125 Å². The number of para-hydroxylation sites is 1. The normalized spacial score (nSPS) is 17.4. The van der Waals surface area contributed by atoms with Crippen LogP contribution in [0, 0.1) is 50.7 Å². The van der Waals surface area contributed by atoms with E-state index in [-0.39, 0.29) is 20.1 Å². The number of fused-ring (bicyclic) bond motifs is 9. The van der Waals surface area contributed by atoms with Crippen LogP contribution in [0.2, 0.25) is 19.6 Å². The Morgan fingerprint density at radius 1 is 0.689 bits per heavy atom. The summed E-state index contributed by atoms with van der Waals surface area (Å²) in [4.78, 5) is 9.49. The van der Waals surface area contributed by atoms with Crippen LogP contribution in [-0.2, 0) is 26.5 Å². The van der Waals surface area contributed by atoms with Crippen molar-refractivity contribution in [1.29, 1.82) is 0 Å². The summed E-state index contributed by atoms with van der Waals surface area (Å²) in [7, 11) is -1.38. The predicted octanol–water partition coefficient (Wildman–Crippen LogP) is 14.4. The first-order valence-electron chi connectivity index (χ1n) is 21.8. The molecule has 0 N–H and O–H groups in total. The van der Waals surface area contributed by atoms with E-state index >= 15 is 0 Å². The molecule has 5 aromatic carbocycles. The van der Waals surface area contributed by atoms with E-state index in [1.807, 2.05) is 42.7 Å². The van der Waals surface area contributed by atoms with E-state index in [1.54, 1.807) is 0 Å². The van der Waals surface area contributed by atoms with Crippen LogP contribution in [0.3, 0.4) is 0 Å². The van der Waals surface area contributed by atoms with Gasteiger partial charge < -0.3 is 18.8 Å². The minimum Gasteiger partial charge on any atom is -0.501 e. The van der Waals surface area contributed by atoms with E-state index in [9.17, 15) is 0 Å². The summed E-state index contributed by atoms with van der Waals surface area (Å²) in [5.74, 6) is 2.75. The van der Waals surface area contributed by atoms with Gasteiger partial charge in [0, 0.05) is 43.3 Å². The van der Waals surface area contributed by atoms with Crippen LogP contribution in [0.4, 0.5) is 0 Å². The number of hydrogen-bond acceptors (Lipinski definition) is 4. The SMILES string of the molecule is Cc1cc(-c2[c-]ccc3c2oc2ccccc23)ncc1[Si](C)(C)C.Cc1cc2c(oc3c[c-]c(-c4cc(CC5CC6CCC5CC6)ccn4)cc32)c(C)c1-c1ccccc1.[Ir]. The first kappa shape index (κ1) is 41.2. The van der Waals surface area contributed by atoms with Crippen molar-refractivity contribution in [2.75, 3.05) is 0 Å². The number of hydrogen-bond donors (Lipinski definition) is 0. The van der Waals surface area contributed by atoms with Gasteiger partial charge in [0.05, 0.1) is 19.2 Å². The third-order valence-corrected chi connectivity index (χ3v) is 15.6. The summed E-state index contributed by atoms with van der Waals surface area (Å²) in [6, 6.07) is 42.7. The van der Waals surface area contributed by atoms with Crippen LogP contribution in [0.1, 0.15) is 54.4 Å². The van der Waals surface area contributed by atoms with Gasteiger partial charge in [0.1, 0.15) is 11.2 Å². The minimum atomic E-state index is -1.38. The summed E-state index contributed by atoms with van der Waals surface area (Å²) < 4.78 is 12.5. The summed E-state index contributed by atoms with van der Waals surface area (Å²) >= 11 is 0. The van der Waals surface area contributed by atoms with E-state index < -0.39 is 8.07 Å². The van der Waals surface area contributed by atoms with Crippen molar-refractivity contribution in [3.05, 3.63) is 150 Å². The second kappa shape index (κ2) is 16.6. The molecular formula is C55H52IrN2O2Si-2. The van der Waals surface area contributed by atoms with Gasteiger partial charge in [0.2, 0.25) is 0 Å². The summed E-state index contributed by atoms with van der Waals surface area (Å²) in [5.41, 5.74) is 15.2. The van der Waals surface area contributed by atoms with Crippen molar-refractivity contribution < 1.29 is 28.9 Å². The Labute approximate surface area is 374 Å². The molecule has 9 aromatic rings. The average molecular weight is 993 g/mol. The predicted molar refractivity (Wildman–Crippen MR) is 251 cm³/mol. The quantitative estimate of drug-likeness (QED) is 0.123. The van der Waals surface area contributed by atoms with Gasteiger partial charge in [-0.3, -0.25) is 0 Å². The van der Waals surface area contributed by atoms with Gasteiger partial charge in [-0.25, -0.2) is 0 Å². The second-order valence-electron chi connectivity index (χ2n) is 18.5. The second-order valence-corrected chi connectivity index (χ2v) is 23.6. The standard InChI is InChI=1S/C34H32NO.C21H20NOSi.Ir/c1-21-16-30-29-20-27(12-13-32(29)36-34(30)22(2)33(21)26-6-4-3-5-7-26)31-19-24(14-15-35-31)18-28-17-23-8-10-25(28)11-9-23;1-14-12-18(22-13-20(14)24(2,3)4)17-10-7-9-16-15-8-5-6-11-19(15)23-21(16)17;/h3-7,13-16,19-20,23,25,28H,8-11,17-18H2,1-2H3;5-9,11-13H,1-4H3;/q2*-1;. The fourth-order valence-electron chi connectivity index (χ4n) is 10.6. The molecule has 4 aromatic heterocycles. The van der Waals surface area contributed by atoms with Crippen LogP contribution in [0.25, 0.3) is 77.5 Å². The fraction of sp³-hybridized carbons (Fsp3) is 0.273. The van der Waals surface area contributed by atoms with E-state index in [1.165, 1.54) is 82.5 Å². The Morgan fingerprint density at radius 3 is 2.21 bits per heavy atom. The van der Waals surface area contributed by atoms with Crippen molar-refractivity contribution in [2.45, 2.75) is 78.9 Å². The molecule has 2 bridgehead atoms. The van der Waals surface area contributed by atoms with Crippen LogP contribution in [0.15, 0.2) is 124 Å². The molecule has 3 fully saturated rings. The number of rotatable bonds is 6. The van der Waals surface area contributed by atoms with E-state index in [4.69, 9.17) is 18.8 Å². The van der Waals surface area contributed by atoms with Gasteiger partial charge in [-0.05, 0) is 121 Å². The molecule has 1 unspecified atom stereocenters. The molecular weight excluding hydrogens is 941 g/mol. The fourth-order valence-corrected chi connectivity index (χ4v) is 12.3. The smallest absolute Gasteiger partial charge is 0.124 e. The molecule has 0 aliphatic heterocycles. The van der Waals surface area contributed by atoms with Crippen molar-refractivity contribution in [2.24, 2.45) is 17.8 Å². The zero-order valence-electron chi connectivity index (χ0n) is 36.0. The summed E-state index contributed by atoms with van der Waals surface area (Å²) in [5, 5.41) is 5.97. The van der Waals surface area contributed by atoms with Crippen molar-refractivity contribution >= 4 is 57.1 Å². The van der Waals surface area contributed by atoms with Gasteiger partial charge in [-0.15, -0.1) is 42.0 Å². The zero-order valence-corrected chi connectivity index (χ0v) is 39.4. The Kier molecular flexibility index (Phi) is 11.2. The molecule has 3 aliphatic rings. The molecule has 0 amide bonds. The number of aromatic nitrogens is 2. The number of benzene rings is 5. The molecule has 61 heavy (non-hydrogen) atoms. The first-order chi connectivity index (χ1) is 29.1. The Hall–Kier alpha value is -5.13. The average Bonchev–Trinajstić information content (AvgIpc) is 3.83. The van der Waals surface area contributed by atoms with E-state index in [0.717, 1.165) is 78.8 Å². The molecule has 309 valence electrons. The molecule has 4 heterocycles. The summed E-state index contributed by atoms with van der Waals surface area (Å²) in [6.07, 6.45) is 12.4. The molecule has 12 rings (SSSR count). The molecule has 1 atom stereocenters. The maximum absolute atomic E-state index is 6.39. The number of nitrogens with zero attached hydrogens (tertiary/aromatic N) is 2. The van der Waals surface area contributed by atoms with Crippen LogP contribution >= 0.6 is 0 Å². The molecule has 0 spiro atoms. The molecule has 4 nitrogen and oxygen atoms in total. The van der Waals surface area contributed by atoms with Gasteiger partial charge in [-0.2, -0.15) is 0 Å². The third-order valence-electron chi connectivity index (χ3n) is 13.5. The monoisotopic (exact) mass is 993 g/mol. The Bertz CT molecular complexity index is 3040. The van der Waals surface area contributed by atoms with Crippen LogP contribution in [-0.4, -0.2) is 18.0 Å². The number of aryl methyl sites for hydroxylation is 3. The van der Waals surface area contributed by atoms with Gasteiger partial charge in [-0.1, -0.05) is 121 Å². The van der Waals surface area contributed by atoms with Crippen molar-refractivity contribution in [1.82, 2.24) is 9.97 Å². The van der Waals surface area contributed by atoms with Gasteiger partial charge in [0.15, 0.2) is 0 Å². The Morgan fingerprint density at radius 2 is 1.46 bits per heavy atom. The Balaban J connectivity index is 0.000000166. The van der Waals surface area contributed by atoms with Crippen molar-refractivity contribution in [3.63, 3.8) is 0 Å². The molecule has 6 heteroatoms. The largest absolute Gasteiger partial charge is 0.501 e. The van der Waals surface area contributed by atoms with Gasteiger partial charge in [0.25, 0.3) is 0 Å². The third kappa shape index (κ3) is 7.84. The maximum atomic E-state index is 6.39. The summed E-state index contributed by atoms with van der Waals surface area (Å²) in [6.45, 7) is 13.6. The van der Waals surface area contributed by atoms with Crippen LogP contribution in [0.5, 0.6) is 0 Å².